The fraction of sp³-hybridized carbons (Fsp3) is 0. The summed E-state index contributed by atoms with van der Waals surface area (Å²) in [4.78, 5) is 4.47. The average Bonchev–Trinajstić information content (AvgIpc) is 3.01. The van der Waals surface area contributed by atoms with Gasteiger partial charge >= 0.3 is 0 Å². The van der Waals surface area contributed by atoms with E-state index in [0.29, 0.717) is 0 Å². The molecule has 2 nitrogen and oxygen atoms in total. The second-order valence-corrected chi connectivity index (χ2v) is 5.66. The lowest BCUT2D eigenvalue weighted by molar-refractivity contribution is 0.670. The van der Waals surface area contributed by atoms with E-state index in [1.54, 1.807) is 0 Å². The van der Waals surface area contributed by atoms with Crippen LogP contribution in [0.25, 0.3) is 44.0 Å². The van der Waals surface area contributed by atoms with Gasteiger partial charge in [-0.15, -0.1) is 0 Å². The maximum Gasteiger partial charge on any atom is 0.144 e. The molecule has 0 aliphatic rings. The Kier molecular flexibility index (Phi) is 2.53. The van der Waals surface area contributed by atoms with Gasteiger partial charge in [0.25, 0.3) is 0 Å². The number of nitrogens with zero attached hydrogens (tertiary/aromatic N) is 1. The molecule has 0 atom stereocenters. The average molecular weight is 295 g/mol. The number of furan rings is 1. The van der Waals surface area contributed by atoms with E-state index in [-0.39, 0.29) is 0 Å². The zero-order valence-electron chi connectivity index (χ0n) is 12.4. The Morgan fingerprint density at radius 3 is 2.48 bits per heavy atom. The number of rotatable bonds is 1. The molecule has 5 rings (SSSR count). The van der Waals surface area contributed by atoms with Gasteiger partial charge in [-0.1, -0.05) is 48.5 Å². The second-order valence-electron chi connectivity index (χ2n) is 5.66. The SMILES string of the molecule is c1ccc(-c2cccc3c2oc2ccc4ccccc4c23)nc1. The van der Waals surface area contributed by atoms with Crippen molar-refractivity contribution in [2.75, 3.05) is 0 Å². The van der Waals surface area contributed by atoms with E-state index >= 15 is 0 Å². The third kappa shape index (κ3) is 1.78. The molecule has 0 amide bonds. The molecule has 0 fully saturated rings. The van der Waals surface area contributed by atoms with Crippen LogP contribution in [0.15, 0.2) is 83.4 Å². The van der Waals surface area contributed by atoms with Crippen molar-refractivity contribution in [3.05, 3.63) is 79.0 Å². The van der Waals surface area contributed by atoms with Crippen molar-refractivity contribution in [3.63, 3.8) is 0 Å². The van der Waals surface area contributed by atoms with E-state index in [9.17, 15) is 0 Å². The molecule has 0 aliphatic carbocycles. The van der Waals surface area contributed by atoms with Gasteiger partial charge in [0.15, 0.2) is 0 Å². The number of hydrogen-bond acceptors (Lipinski definition) is 2. The molecule has 0 spiro atoms. The van der Waals surface area contributed by atoms with E-state index in [0.717, 1.165) is 27.8 Å². The fourth-order valence-electron chi connectivity index (χ4n) is 3.29. The summed E-state index contributed by atoms with van der Waals surface area (Å²) in [7, 11) is 0. The highest BCUT2D eigenvalue weighted by atomic mass is 16.3. The van der Waals surface area contributed by atoms with Gasteiger partial charge in [0.2, 0.25) is 0 Å². The van der Waals surface area contributed by atoms with Gasteiger partial charge in [-0.25, -0.2) is 0 Å². The smallest absolute Gasteiger partial charge is 0.144 e. The highest BCUT2D eigenvalue weighted by molar-refractivity contribution is 6.20. The molecule has 23 heavy (non-hydrogen) atoms. The zero-order chi connectivity index (χ0) is 15.2. The molecule has 2 heterocycles. The van der Waals surface area contributed by atoms with E-state index in [1.165, 1.54) is 16.2 Å². The van der Waals surface area contributed by atoms with Gasteiger partial charge in [0, 0.05) is 22.5 Å². The molecule has 108 valence electrons. The summed E-state index contributed by atoms with van der Waals surface area (Å²) in [5.74, 6) is 0. The van der Waals surface area contributed by atoms with Crippen LogP contribution in [0.2, 0.25) is 0 Å². The van der Waals surface area contributed by atoms with Crippen molar-refractivity contribution in [2.24, 2.45) is 0 Å². The first-order valence-electron chi connectivity index (χ1n) is 7.66. The van der Waals surface area contributed by atoms with Gasteiger partial charge < -0.3 is 4.42 Å². The summed E-state index contributed by atoms with van der Waals surface area (Å²) < 4.78 is 6.21. The van der Waals surface area contributed by atoms with Crippen molar-refractivity contribution in [1.29, 1.82) is 0 Å². The molecule has 0 unspecified atom stereocenters. The van der Waals surface area contributed by atoms with Crippen LogP contribution in [0.1, 0.15) is 0 Å². The van der Waals surface area contributed by atoms with Crippen LogP contribution in [0.5, 0.6) is 0 Å². The number of hydrogen-bond donors (Lipinski definition) is 0. The predicted octanol–water partition coefficient (Wildman–Crippen LogP) is 5.80. The lowest BCUT2D eigenvalue weighted by Gasteiger charge is -2.01. The Bertz CT molecular complexity index is 1160. The standard InChI is InChI=1S/C21H13NO/c1-2-7-15-14(6-1)11-12-19-20(15)17-9-5-8-16(21(17)23-19)18-10-3-4-13-22-18/h1-13H. The van der Waals surface area contributed by atoms with Crippen molar-refractivity contribution in [2.45, 2.75) is 0 Å². The number of fused-ring (bicyclic) bond motifs is 5. The number of para-hydroxylation sites is 1. The topological polar surface area (TPSA) is 26.0 Å². The molecular weight excluding hydrogens is 282 g/mol. The summed E-state index contributed by atoms with van der Waals surface area (Å²) in [6, 6.07) is 24.8. The minimum Gasteiger partial charge on any atom is -0.455 e. The quantitative estimate of drug-likeness (QED) is 0.390. The largest absolute Gasteiger partial charge is 0.455 e. The molecule has 0 saturated carbocycles. The maximum absolute atomic E-state index is 6.21. The molecule has 0 saturated heterocycles. The van der Waals surface area contributed by atoms with Crippen LogP contribution in [0, 0.1) is 0 Å². The molecule has 2 heteroatoms. The fourth-order valence-corrected chi connectivity index (χ4v) is 3.29. The number of benzene rings is 3. The van der Waals surface area contributed by atoms with Crippen molar-refractivity contribution in [3.8, 4) is 11.3 Å². The lowest BCUT2D eigenvalue weighted by Crippen LogP contribution is -1.82. The van der Waals surface area contributed by atoms with E-state index < -0.39 is 0 Å². The van der Waals surface area contributed by atoms with Crippen LogP contribution in [0.4, 0.5) is 0 Å². The normalized spacial score (nSPS) is 11.5. The minimum absolute atomic E-state index is 0.901. The minimum atomic E-state index is 0.901. The van der Waals surface area contributed by atoms with Gasteiger partial charge in [-0.2, -0.15) is 0 Å². The Balaban J connectivity index is 1.96. The van der Waals surface area contributed by atoms with Gasteiger partial charge in [-0.3, -0.25) is 4.98 Å². The molecule has 5 aromatic rings. The summed E-state index contributed by atoms with van der Waals surface area (Å²) in [6.07, 6.45) is 1.81. The van der Waals surface area contributed by atoms with Crippen LogP contribution in [0.3, 0.4) is 0 Å². The molecular formula is C21H13NO. The third-order valence-corrected chi connectivity index (χ3v) is 4.33. The highest BCUT2D eigenvalue weighted by Gasteiger charge is 2.14. The number of pyridine rings is 1. The lowest BCUT2D eigenvalue weighted by atomic mass is 10.0. The van der Waals surface area contributed by atoms with E-state index in [4.69, 9.17) is 4.42 Å². The Morgan fingerprint density at radius 2 is 1.57 bits per heavy atom. The molecule has 2 aromatic heterocycles. The zero-order valence-corrected chi connectivity index (χ0v) is 12.4. The monoisotopic (exact) mass is 295 g/mol. The number of aromatic nitrogens is 1. The van der Waals surface area contributed by atoms with E-state index in [2.05, 4.69) is 59.6 Å². The molecule has 3 aromatic carbocycles. The summed E-state index contributed by atoms with van der Waals surface area (Å²) in [5, 5.41) is 4.77. The molecule has 0 aliphatic heterocycles. The third-order valence-electron chi connectivity index (χ3n) is 4.33. The van der Waals surface area contributed by atoms with Crippen LogP contribution < -0.4 is 0 Å². The van der Waals surface area contributed by atoms with Crippen molar-refractivity contribution >= 4 is 32.7 Å². The summed E-state index contributed by atoms with van der Waals surface area (Å²) in [5.41, 5.74) is 3.78. The Labute approximate surface area is 133 Å². The van der Waals surface area contributed by atoms with Crippen molar-refractivity contribution in [1.82, 2.24) is 4.98 Å². The highest BCUT2D eigenvalue weighted by Crippen LogP contribution is 2.38. The van der Waals surface area contributed by atoms with E-state index in [1.807, 2.05) is 24.4 Å². The van der Waals surface area contributed by atoms with Crippen LogP contribution >= 0.6 is 0 Å². The maximum atomic E-state index is 6.21. The van der Waals surface area contributed by atoms with Crippen LogP contribution in [-0.4, -0.2) is 4.98 Å². The van der Waals surface area contributed by atoms with Gasteiger partial charge in [-0.05, 0) is 35.0 Å². The first-order valence-corrected chi connectivity index (χ1v) is 7.66. The Hall–Kier alpha value is -3.13. The van der Waals surface area contributed by atoms with Crippen LogP contribution in [-0.2, 0) is 0 Å². The van der Waals surface area contributed by atoms with Gasteiger partial charge in [0.1, 0.15) is 11.2 Å². The molecule has 0 bridgehead atoms. The van der Waals surface area contributed by atoms with Gasteiger partial charge in [0.05, 0.1) is 5.69 Å². The predicted molar refractivity (Wildman–Crippen MR) is 94.5 cm³/mol. The second kappa shape index (κ2) is 4.68. The summed E-state index contributed by atoms with van der Waals surface area (Å²) >= 11 is 0. The molecule has 0 N–H and O–H groups in total. The molecule has 0 radical (unpaired) electrons. The Morgan fingerprint density at radius 1 is 0.696 bits per heavy atom. The first kappa shape index (κ1) is 12.4. The van der Waals surface area contributed by atoms with Crippen molar-refractivity contribution < 1.29 is 4.42 Å². The first-order chi connectivity index (χ1) is 11.4. The summed E-state index contributed by atoms with van der Waals surface area (Å²) in [6.45, 7) is 0.